The minimum absolute atomic E-state index is 0.200. The highest BCUT2D eigenvalue weighted by Gasteiger charge is 2.30. The topological polar surface area (TPSA) is 57.0 Å². The molecule has 0 saturated heterocycles. The second kappa shape index (κ2) is 6.19. The van der Waals surface area contributed by atoms with Gasteiger partial charge in [0.1, 0.15) is 12.7 Å². The van der Waals surface area contributed by atoms with Gasteiger partial charge in [0.05, 0.1) is 0 Å². The first kappa shape index (κ1) is 14.7. The zero-order chi connectivity index (χ0) is 14.7. The number of rotatable bonds is 4. The molecule has 0 bridgehead atoms. The lowest BCUT2D eigenvalue weighted by molar-refractivity contribution is -0.153. The van der Waals surface area contributed by atoms with E-state index in [1.165, 1.54) is 37.8 Å². The molecule has 0 saturated carbocycles. The number of ether oxygens (including phenoxy) is 1. The molecule has 1 aromatic heterocycles. The number of hydrogen-bond donors (Lipinski definition) is 0. The minimum Gasteiger partial charge on any atom is -0.452 e. The van der Waals surface area contributed by atoms with Crippen molar-refractivity contribution >= 4 is 29.2 Å². The van der Waals surface area contributed by atoms with E-state index in [2.05, 4.69) is 10.1 Å². The molecule has 106 valence electrons. The normalized spacial score (nSPS) is 13.8. The Hall–Kier alpha value is -1.66. The molecule has 0 N–H and O–H groups in total. The van der Waals surface area contributed by atoms with Crippen LogP contribution in [-0.4, -0.2) is 20.7 Å². The molecule has 2 aromatic rings. The number of aromatic nitrogens is 3. The Morgan fingerprint density at radius 3 is 2.75 bits per heavy atom. The van der Waals surface area contributed by atoms with Crippen LogP contribution in [0, 0.1) is 0 Å². The van der Waals surface area contributed by atoms with Crippen molar-refractivity contribution < 1.29 is 13.9 Å². The predicted octanol–water partition coefficient (Wildman–Crippen LogP) is 3.36. The van der Waals surface area contributed by atoms with Crippen LogP contribution in [0.1, 0.15) is 24.9 Å². The maximum absolute atomic E-state index is 14.5. The highest BCUT2D eigenvalue weighted by atomic mass is 35.5. The van der Waals surface area contributed by atoms with Crippen molar-refractivity contribution in [3.8, 4) is 0 Å². The standard InChI is InChI=1S/C12H10Cl2FN3O2/c1-7(19)20-11(12(15)18-6-16-5-17-18)9-3-2-8(13)4-10(9)14/h2-6,11-12H,1H3. The van der Waals surface area contributed by atoms with Crippen LogP contribution in [0.4, 0.5) is 4.39 Å². The summed E-state index contributed by atoms with van der Waals surface area (Å²) in [6.07, 6.45) is -0.620. The molecule has 0 spiro atoms. The molecule has 0 aliphatic heterocycles. The van der Waals surface area contributed by atoms with Gasteiger partial charge < -0.3 is 4.74 Å². The van der Waals surface area contributed by atoms with Crippen LogP contribution in [0.15, 0.2) is 30.9 Å². The minimum atomic E-state index is -1.75. The third-order valence-corrected chi connectivity index (χ3v) is 3.06. The van der Waals surface area contributed by atoms with E-state index in [0.717, 1.165) is 4.68 Å². The highest BCUT2D eigenvalue weighted by Crippen LogP contribution is 2.36. The summed E-state index contributed by atoms with van der Waals surface area (Å²) >= 11 is 11.8. The molecule has 5 nitrogen and oxygen atoms in total. The van der Waals surface area contributed by atoms with Gasteiger partial charge in [-0.05, 0) is 12.1 Å². The van der Waals surface area contributed by atoms with Gasteiger partial charge in [0.25, 0.3) is 0 Å². The first-order valence-corrected chi connectivity index (χ1v) is 6.35. The van der Waals surface area contributed by atoms with Crippen LogP contribution in [0.5, 0.6) is 0 Å². The Kier molecular flexibility index (Phi) is 4.57. The fraction of sp³-hybridized carbons (Fsp3) is 0.250. The molecule has 20 heavy (non-hydrogen) atoms. The molecule has 0 amide bonds. The number of nitrogens with zero attached hydrogens (tertiary/aromatic N) is 3. The van der Waals surface area contributed by atoms with Crippen LogP contribution in [0.25, 0.3) is 0 Å². The lowest BCUT2D eigenvalue weighted by Crippen LogP contribution is -2.19. The predicted molar refractivity (Wildman–Crippen MR) is 71.1 cm³/mol. The number of benzene rings is 1. The number of esters is 1. The molecule has 0 radical (unpaired) electrons. The number of alkyl halides is 1. The smallest absolute Gasteiger partial charge is 0.303 e. The summed E-state index contributed by atoms with van der Waals surface area (Å²) in [7, 11) is 0. The van der Waals surface area contributed by atoms with E-state index in [4.69, 9.17) is 27.9 Å². The number of carbonyl (C=O) groups excluding carboxylic acids is 1. The van der Waals surface area contributed by atoms with Gasteiger partial charge in [0.15, 0.2) is 6.10 Å². The highest BCUT2D eigenvalue weighted by molar-refractivity contribution is 6.35. The van der Waals surface area contributed by atoms with Gasteiger partial charge >= 0.3 is 5.97 Å². The van der Waals surface area contributed by atoms with Gasteiger partial charge in [-0.25, -0.2) is 14.1 Å². The van der Waals surface area contributed by atoms with Crippen LogP contribution in [0.3, 0.4) is 0 Å². The van der Waals surface area contributed by atoms with Crippen molar-refractivity contribution in [3.05, 3.63) is 46.5 Å². The lowest BCUT2D eigenvalue weighted by atomic mass is 10.1. The van der Waals surface area contributed by atoms with Crippen LogP contribution in [-0.2, 0) is 9.53 Å². The molecule has 0 fully saturated rings. The Morgan fingerprint density at radius 2 is 2.20 bits per heavy atom. The van der Waals surface area contributed by atoms with Crippen molar-refractivity contribution in [2.24, 2.45) is 0 Å². The largest absolute Gasteiger partial charge is 0.452 e. The monoisotopic (exact) mass is 317 g/mol. The van der Waals surface area contributed by atoms with Gasteiger partial charge in [0, 0.05) is 22.5 Å². The lowest BCUT2D eigenvalue weighted by Gasteiger charge is -2.22. The number of halogens is 3. The maximum atomic E-state index is 14.5. The van der Waals surface area contributed by atoms with E-state index in [1.54, 1.807) is 0 Å². The molecular formula is C12H10Cl2FN3O2. The quantitative estimate of drug-likeness (QED) is 0.811. The van der Waals surface area contributed by atoms with Crippen molar-refractivity contribution in [1.82, 2.24) is 14.8 Å². The SMILES string of the molecule is CC(=O)OC(c1ccc(Cl)cc1Cl)C(F)n1cncn1. The second-order valence-electron chi connectivity index (χ2n) is 3.94. The first-order chi connectivity index (χ1) is 9.49. The fourth-order valence-electron chi connectivity index (χ4n) is 1.66. The molecule has 2 unspecified atom stereocenters. The Bertz CT molecular complexity index is 607. The van der Waals surface area contributed by atoms with Gasteiger partial charge in [-0.1, -0.05) is 29.3 Å². The molecule has 2 atom stereocenters. The number of carbonyl (C=O) groups is 1. The molecular weight excluding hydrogens is 308 g/mol. The van der Waals surface area contributed by atoms with Crippen molar-refractivity contribution in [3.63, 3.8) is 0 Å². The van der Waals surface area contributed by atoms with Crippen LogP contribution < -0.4 is 0 Å². The van der Waals surface area contributed by atoms with E-state index in [9.17, 15) is 9.18 Å². The summed E-state index contributed by atoms with van der Waals surface area (Å²) in [5, 5.41) is 4.29. The van der Waals surface area contributed by atoms with E-state index in [1.807, 2.05) is 0 Å². The van der Waals surface area contributed by atoms with E-state index in [-0.39, 0.29) is 5.02 Å². The van der Waals surface area contributed by atoms with Crippen LogP contribution >= 0.6 is 23.2 Å². The van der Waals surface area contributed by atoms with E-state index >= 15 is 0 Å². The molecule has 1 heterocycles. The molecule has 0 aliphatic carbocycles. The second-order valence-corrected chi connectivity index (χ2v) is 4.79. The van der Waals surface area contributed by atoms with Gasteiger partial charge in [-0.15, -0.1) is 0 Å². The summed E-state index contributed by atoms with van der Waals surface area (Å²) < 4.78 is 20.4. The zero-order valence-corrected chi connectivity index (χ0v) is 11.8. The van der Waals surface area contributed by atoms with E-state index < -0.39 is 18.4 Å². The summed E-state index contributed by atoms with van der Waals surface area (Å²) in [5.41, 5.74) is 0.300. The summed E-state index contributed by atoms with van der Waals surface area (Å²) in [6.45, 7) is 1.19. The fourth-order valence-corrected chi connectivity index (χ4v) is 2.18. The average molecular weight is 318 g/mol. The Labute approximate surface area is 124 Å². The maximum Gasteiger partial charge on any atom is 0.303 e. The third kappa shape index (κ3) is 3.26. The zero-order valence-electron chi connectivity index (χ0n) is 10.3. The molecule has 2 rings (SSSR count). The van der Waals surface area contributed by atoms with Crippen molar-refractivity contribution in [2.75, 3.05) is 0 Å². The Morgan fingerprint density at radius 1 is 1.45 bits per heavy atom. The van der Waals surface area contributed by atoms with Crippen molar-refractivity contribution in [1.29, 1.82) is 0 Å². The average Bonchev–Trinajstić information content (AvgIpc) is 2.89. The van der Waals surface area contributed by atoms with Crippen LogP contribution in [0.2, 0.25) is 10.0 Å². The number of hydrogen-bond acceptors (Lipinski definition) is 4. The summed E-state index contributed by atoms with van der Waals surface area (Å²) in [5.74, 6) is -0.635. The van der Waals surface area contributed by atoms with Gasteiger partial charge in [0.2, 0.25) is 6.30 Å². The molecule has 8 heteroatoms. The Balaban J connectivity index is 2.39. The van der Waals surface area contributed by atoms with E-state index in [0.29, 0.717) is 10.6 Å². The first-order valence-electron chi connectivity index (χ1n) is 5.59. The third-order valence-electron chi connectivity index (χ3n) is 2.50. The summed E-state index contributed by atoms with van der Waals surface area (Å²) in [6, 6.07) is 4.48. The van der Waals surface area contributed by atoms with Crippen molar-refractivity contribution in [2.45, 2.75) is 19.3 Å². The summed E-state index contributed by atoms with van der Waals surface area (Å²) in [4.78, 5) is 14.8. The molecule has 1 aromatic carbocycles. The van der Waals surface area contributed by atoms with Gasteiger partial charge in [-0.2, -0.15) is 5.10 Å². The molecule has 0 aliphatic rings. The van der Waals surface area contributed by atoms with Gasteiger partial charge in [-0.3, -0.25) is 4.79 Å².